The largest absolute Gasteiger partial charge is 0.377 e. The minimum atomic E-state index is 0. The standard InChI is InChI=1S/C15H26N6O2.HI/c1-11-3-5-20(6-4-11)15(16)17-7-12-8-21(19-18-12)13-9-23-10-14(13)22-2;/h8,11,13-14H,3-7,9-10H2,1-2H3,(H2,16,17);1H/t13-,14-;/m1./s1. The zero-order valence-electron chi connectivity index (χ0n) is 14.3. The van der Waals surface area contributed by atoms with Gasteiger partial charge in [-0.2, -0.15) is 0 Å². The Balaban J connectivity index is 0.00000208. The summed E-state index contributed by atoms with van der Waals surface area (Å²) in [6, 6.07) is 0.0751. The van der Waals surface area contributed by atoms with E-state index in [1.165, 1.54) is 12.8 Å². The van der Waals surface area contributed by atoms with Crippen LogP contribution in [0.2, 0.25) is 0 Å². The van der Waals surface area contributed by atoms with Gasteiger partial charge in [0.05, 0.1) is 26.0 Å². The number of aliphatic imine (C=N–C) groups is 1. The molecule has 0 aromatic carbocycles. The number of aromatic nitrogens is 3. The monoisotopic (exact) mass is 450 g/mol. The minimum absolute atomic E-state index is 0. The summed E-state index contributed by atoms with van der Waals surface area (Å²) in [5.41, 5.74) is 6.90. The summed E-state index contributed by atoms with van der Waals surface area (Å²) in [5, 5.41) is 8.36. The number of likely N-dealkylation sites (tertiary alicyclic amines) is 1. The molecule has 0 spiro atoms. The quantitative estimate of drug-likeness (QED) is 0.419. The first-order valence-corrected chi connectivity index (χ1v) is 8.23. The van der Waals surface area contributed by atoms with Crippen molar-refractivity contribution in [1.29, 1.82) is 0 Å². The van der Waals surface area contributed by atoms with E-state index >= 15 is 0 Å². The fourth-order valence-corrected chi connectivity index (χ4v) is 3.04. The maximum absolute atomic E-state index is 6.10. The van der Waals surface area contributed by atoms with Gasteiger partial charge < -0.3 is 20.1 Å². The molecule has 0 bridgehead atoms. The molecule has 2 fully saturated rings. The topological polar surface area (TPSA) is 90.8 Å². The van der Waals surface area contributed by atoms with Gasteiger partial charge in [-0.25, -0.2) is 9.67 Å². The van der Waals surface area contributed by atoms with Crippen molar-refractivity contribution in [2.24, 2.45) is 16.6 Å². The number of nitrogens with zero attached hydrogens (tertiary/aromatic N) is 5. The summed E-state index contributed by atoms with van der Waals surface area (Å²) in [7, 11) is 1.69. The van der Waals surface area contributed by atoms with Crippen molar-refractivity contribution in [3.8, 4) is 0 Å². The number of ether oxygens (including phenoxy) is 2. The molecule has 1 aromatic heterocycles. The van der Waals surface area contributed by atoms with Crippen molar-refractivity contribution in [1.82, 2.24) is 19.9 Å². The maximum Gasteiger partial charge on any atom is 0.191 e. The second-order valence-electron chi connectivity index (χ2n) is 6.41. The molecule has 0 amide bonds. The SMILES string of the molecule is CO[C@@H]1COC[C@H]1n1cc(CN=C(N)N2CCC(C)CC2)nn1.I. The van der Waals surface area contributed by atoms with E-state index in [0.717, 1.165) is 24.7 Å². The number of halogens is 1. The van der Waals surface area contributed by atoms with Gasteiger partial charge in [0.15, 0.2) is 5.96 Å². The lowest BCUT2D eigenvalue weighted by Crippen LogP contribution is -2.42. The Morgan fingerprint density at radius 2 is 2.17 bits per heavy atom. The fraction of sp³-hybridized carbons (Fsp3) is 0.800. The molecule has 1 aromatic rings. The van der Waals surface area contributed by atoms with E-state index in [4.69, 9.17) is 15.2 Å². The van der Waals surface area contributed by atoms with Crippen molar-refractivity contribution in [3.05, 3.63) is 11.9 Å². The summed E-state index contributed by atoms with van der Waals surface area (Å²) in [6.07, 6.45) is 4.27. The average Bonchev–Trinajstić information content (AvgIpc) is 3.21. The van der Waals surface area contributed by atoms with Crippen LogP contribution in [-0.4, -0.2) is 65.4 Å². The van der Waals surface area contributed by atoms with E-state index < -0.39 is 0 Å². The third kappa shape index (κ3) is 4.57. The van der Waals surface area contributed by atoms with Crippen LogP contribution in [0, 0.1) is 5.92 Å². The summed E-state index contributed by atoms with van der Waals surface area (Å²) >= 11 is 0. The molecule has 2 N–H and O–H groups in total. The highest BCUT2D eigenvalue weighted by Gasteiger charge is 2.30. The maximum atomic E-state index is 6.10. The van der Waals surface area contributed by atoms with Crippen LogP contribution in [0.15, 0.2) is 11.2 Å². The zero-order chi connectivity index (χ0) is 16.2. The molecule has 3 rings (SSSR count). The Morgan fingerprint density at radius 1 is 1.42 bits per heavy atom. The van der Waals surface area contributed by atoms with Gasteiger partial charge >= 0.3 is 0 Å². The second-order valence-corrected chi connectivity index (χ2v) is 6.41. The lowest BCUT2D eigenvalue weighted by Gasteiger charge is -2.30. The van der Waals surface area contributed by atoms with E-state index in [9.17, 15) is 0 Å². The molecule has 0 saturated carbocycles. The average molecular weight is 450 g/mol. The van der Waals surface area contributed by atoms with Gasteiger partial charge in [-0.05, 0) is 18.8 Å². The van der Waals surface area contributed by atoms with E-state index in [1.807, 2.05) is 10.9 Å². The Hall–Kier alpha value is -0.940. The van der Waals surface area contributed by atoms with Crippen LogP contribution in [0.3, 0.4) is 0 Å². The lowest BCUT2D eigenvalue weighted by atomic mass is 10.00. The van der Waals surface area contributed by atoms with Gasteiger partial charge in [0, 0.05) is 20.2 Å². The van der Waals surface area contributed by atoms with Crippen LogP contribution in [0.4, 0.5) is 0 Å². The lowest BCUT2D eigenvalue weighted by molar-refractivity contribution is 0.0661. The number of hydrogen-bond donors (Lipinski definition) is 1. The second kappa shape index (κ2) is 8.95. The molecule has 0 unspecified atom stereocenters. The molecule has 2 saturated heterocycles. The Kier molecular flexibility index (Phi) is 7.23. The first-order valence-electron chi connectivity index (χ1n) is 8.23. The molecule has 9 heteroatoms. The van der Waals surface area contributed by atoms with Crippen LogP contribution in [0.1, 0.15) is 31.5 Å². The zero-order valence-corrected chi connectivity index (χ0v) is 16.6. The van der Waals surface area contributed by atoms with E-state index in [1.54, 1.807) is 7.11 Å². The molecule has 0 radical (unpaired) electrons. The van der Waals surface area contributed by atoms with Gasteiger partial charge in [0.25, 0.3) is 0 Å². The van der Waals surface area contributed by atoms with Gasteiger partial charge in [0.2, 0.25) is 0 Å². The summed E-state index contributed by atoms with van der Waals surface area (Å²) in [4.78, 5) is 6.61. The van der Waals surface area contributed by atoms with Gasteiger partial charge in [-0.3, -0.25) is 0 Å². The smallest absolute Gasteiger partial charge is 0.191 e. The van der Waals surface area contributed by atoms with Crippen molar-refractivity contribution in [2.75, 3.05) is 33.4 Å². The van der Waals surface area contributed by atoms with E-state index in [0.29, 0.717) is 25.7 Å². The fourth-order valence-electron chi connectivity index (χ4n) is 3.04. The van der Waals surface area contributed by atoms with E-state index in [-0.39, 0.29) is 36.1 Å². The number of piperidine rings is 1. The molecule has 2 aliphatic rings. The summed E-state index contributed by atoms with van der Waals surface area (Å²) < 4.78 is 12.7. The number of nitrogens with two attached hydrogens (primary N) is 1. The van der Waals surface area contributed by atoms with Crippen molar-refractivity contribution < 1.29 is 9.47 Å². The van der Waals surface area contributed by atoms with Crippen molar-refractivity contribution >= 4 is 29.9 Å². The van der Waals surface area contributed by atoms with Crippen molar-refractivity contribution in [3.63, 3.8) is 0 Å². The Bertz CT molecular complexity index is 544. The number of rotatable bonds is 4. The molecule has 2 aliphatic heterocycles. The molecule has 136 valence electrons. The summed E-state index contributed by atoms with van der Waals surface area (Å²) in [5.74, 6) is 1.38. The van der Waals surface area contributed by atoms with Gasteiger partial charge in [-0.1, -0.05) is 12.1 Å². The first-order chi connectivity index (χ1) is 11.2. The third-order valence-electron chi connectivity index (χ3n) is 4.71. The molecule has 24 heavy (non-hydrogen) atoms. The highest BCUT2D eigenvalue weighted by atomic mass is 127. The van der Waals surface area contributed by atoms with Crippen LogP contribution in [0.5, 0.6) is 0 Å². The van der Waals surface area contributed by atoms with Crippen LogP contribution >= 0.6 is 24.0 Å². The third-order valence-corrected chi connectivity index (χ3v) is 4.71. The predicted octanol–water partition coefficient (Wildman–Crippen LogP) is 1.03. The predicted molar refractivity (Wildman–Crippen MR) is 101 cm³/mol. The first kappa shape index (κ1) is 19.4. The van der Waals surface area contributed by atoms with Gasteiger partial charge in [-0.15, -0.1) is 29.1 Å². The highest BCUT2D eigenvalue weighted by Crippen LogP contribution is 2.21. The molecule has 0 aliphatic carbocycles. The highest BCUT2D eigenvalue weighted by molar-refractivity contribution is 14.0. The number of guanidine groups is 1. The number of methoxy groups -OCH3 is 1. The van der Waals surface area contributed by atoms with Crippen LogP contribution in [0.25, 0.3) is 0 Å². The molecular formula is C15H27IN6O2. The molecule has 2 atom stereocenters. The Morgan fingerprint density at radius 3 is 2.88 bits per heavy atom. The minimum Gasteiger partial charge on any atom is -0.377 e. The molecule has 8 nitrogen and oxygen atoms in total. The summed E-state index contributed by atoms with van der Waals surface area (Å²) in [6.45, 7) is 5.88. The van der Waals surface area contributed by atoms with Gasteiger partial charge in [0.1, 0.15) is 17.8 Å². The van der Waals surface area contributed by atoms with Crippen LogP contribution < -0.4 is 5.73 Å². The molecular weight excluding hydrogens is 423 g/mol. The van der Waals surface area contributed by atoms with Crippen LogP contribution in [-0.2, 0) is 16.0 Å². The number of hydrogen-bond acceptors (Lipinski definition) is 5. The normalized spacial score (nSPS) is 25.8. The molecule has 3 heterocycles. The van der Waals surface area contributed by atoms with Crippen molar-refractivity contribution in [2.45, 2.75) is 38.5 Å². The Labute approximate surface area is 159 Å². The van der Waals surface area contributed by atoms with E-state index in [2.05, 4.69) is 27.1 Å².